The largest absolute Gasteiger partial charge is 0.285 e. The second-order valence-electron chi connectivity index (χ2n) is 5.01. The molecule has 1 aliphatic rings. The molecule has 0 atom stereocenters. The minimum absolute atomic E-state index is 0.708. The van der Waals surface area contributed by atoms with Gasteiger partial charge in [0.2, 0.25) is 0 Å². The minimum atomic E-state index is 0.708. The molecule has 1 aromatic heterocycles. The Morgan fingerprint density at radius 3 is 2.69 bits per heavy atom. The van der Waals surface area contributed by atoms with E-state index in [4.69, 9.17) is 11.6 Å². The molecule has 2 rings (SSSR count). The topological polar surface area (TPSA) is 21.1 Å². The molecule has 16 heavy (non-hydrogen) atoms. The highest BCUT2D eigenvalue weighted by Crippen LogP contribution is 2.26. The van der Waals surface area contributed by atoms with Crippen LogP contribution in [0.5, 0.6) is 0 Å². The number of hydrogen-bond donors (Lipinski definition) is 0. The number of rotatable bonds is 3. The third-order valence-corrected chi connectivity index (χ3v) is 3.77. The van der Waals surface area contributed by atoms with E-state index in [2.05, 4.69) is 24.0 Å². The summed E-state index contributed by atoms with van der Waals surface area (Å²) in [4.78, 5) is 2.38. The molecule has 1 fully saturated rings. The highest BCUT2D eigenvalue weighted by atomic mass is 35.5. The van der Waals surface area contributed by atoms with Gasteiger partial charge in [0.25, 0.3) is 0 Å². The van der Waals surface area contributed by atoms with Gasteiger partial charge in [-0.15, -0.1) is 0 Å². The van der Waals surface area contributed by atoms with E-state index in [1.807, 2.05) is 10.9 Å². The monoisotopic (exact) mass is 241 g/mol. The molecular weight excluding hydrogens is 222 g/mol. The van der Waals surface area contributed by atoms with Crippen LogP contribution in [0, 0.1) is 5.92 Å². The zero-order valence-corrected chi connectivity index (χ0v) is 10.8. The van der Waals surface area contributed by atoms with E-state index in [0.717, 1.165) is 12.6 Å². The van der Waals surface area contributed by atoms with E-state index >= 15 is 0 Å². The summed E-state index contributed by atoms with van der Waals surface area (Å²) in [5, 5.41) is 4.92. The van der Waals surface area contributed by atoms with E-state index in [9.17, 15) is 0 Å². The van der Waals surface area contributed by atoms with E-state index < -0.39 is 0 Å². The van der Waals surface area contributed by atoms with Crippen molar-refractivity contribution in [3.8, 4) is 0 Å². The van der Waals surface area contributed by atoms with Crippen LogP contribution in [-0.4, -0.2) is 27.8 Å². The van der Waals surface area contributed by atoms with Crippen LogP contribution in [0.15, 0.2) is 12.4 Å². The number of aromatic nitrogens is 2. The third-order valence-electron chi connectivity index (χ3n) is 3.58. The first kappa shape index (κ1) is 11.9. The van der Waals surface area contributed by atoms with Crippen LogP contribution >= 0.6 is 11.6 Å². The summed E-state index contributed by atoms with van der Waals surface area (Å²) in [7, 11) is 2.18. The molecule has 0 saturated heterocycles. The zero-order chi connectivity index (χ0) is 11.5. The Morgan fingerprint density at radius 2 is 2.12 bits per heavy atom. The molecule has 90 valence electrons. The smallest absolute Gasteiger partial charge is 0.0929 e. The fraction of sp³-hybridized carbons (Fsp3) is 0.750. The van der Waals surface area contributed by atoms with Crippen molar-refractivity contribution in [2.75, 3.05) is 7.05 Å². The van der Waals surface area contributed by atoms with Crippen molar-refractivity contribution >= 4 is 11.6 Å². The van der Waals surface area contributed by atoms with Gasteiger partial charge in [-0.25, -0.2) is 0 Å². The van der Waals surface area contributed by atoms with E-state index in [1.165, 1.54) is 25.7 Å². The van der Waals surface area contributed by atoms with Crippen molar-refractivity contribution in [1.82, 2.24) is 14.7 Å². The molecule has 0 aliphatic heterocycles. The van der Waals surface area contributed by atoms with Crippen molar-refractivity contribution in [3.05, 3.63) is 17.4 Å². The van der Waals surface area contributed by atoms with Gasteiger partial charge >= 0.3 is 0 Å². The van der Waals surface area contributed by atoms with Gasteiger partial charge < -0.3 is 0 Å². The van der Waals surface area contributed by atoms with Gasteiger partial charge in [-0.1, -0.05) is 18.5 Å². The van der Waals surface area contributed by atoms with Crippen LogP contribution in [-0.2, 0) is 6.67 Å². The molecule has 1 aliphatic carbocycles. The molecule has 0 spiro atoms. The van der Waals surface area contributed by atoms with Crippen molar-refractivity contribution in [2.45, 2.75) is 45.3 Å². The lowest BCUT2D eigenvalue weighted by atomic mass is 9.87. The Kier molecular flexibility index (Phi) is 3.87. The lowest BCUT2D eigenvalue weighted by molar-refractivity contribution is 0.131. The molecule has 1 aromatic rings. The van der Waals surface area contributed by atoms with E-state index in [0.29, 0.717) is 11.1 Å². The maximum atomic E-state index is 5.85. The van der Waals surface area contributed by atoms with Crippen molar-refractivity contribution in [3.63, 3.8) is 0 Å². The Morgan fingerprint density at radius 1 is 1.44 bits per heavy atom. The highest BCUT2D eigenvalue weighted by molar-refractivity contribution is 6.30. The van der Waals surface area contributed by atoms with Gasteiger partial charge in [0.05, 0.1) is 17.9 Å². The fourth-order valence-corrected chi connectivity index (χ4v) is 2.60. The van der Waals surface area contributed by atoms with Gasteiger partial charge in [0.15, 0.2) is 0 Å². The van der Waals surface area contributed by atoms with Gasteiger partial charge in [0.1, 0.15) is 0 Å². The van der Waals surface area contributed by atoms with Crippen LogP contribution < -0.4 is 0 Å². The summed E-state index contributed by atoms with van der Waals surface area (Å²) in [6.07, 6.45) is 8.91. The van der Waals surface area contributed by atoms with Gasteiger partial charge in [0, 0.05) is 12.2 Å². The molecule has 3 nitrogen and oxygen atoms in total. The summed E-state index contributed by atoms with van der Waals surface area (Å²) in [5.74, 6) is 0.906. The van der Waals surface area contributed by atoms with E-state index in [-0.39, 0.29) is 0 Å². The van der Waals surface area contributed by atoms with Crippen molar-refractivity contribution in [1.29, 1.82) is 0 Å². The molecule has 4 heteroatoms. The normalized spacial score (nSPS) is 26.2. The molecule has 1 heterocycles. The summed E-state index contributed by atoms with van der Waals surface area (Å²) in [6.45, 7) is 3.19. The molecule has 0 N–H and O–H groups in total. The highest BCUT2D eigenvalue weighted by Gasteiger charge is 2.21. The standard InChI is InChI=1S/C12H20ClN3/c1-10-3-5-12(6-4-10)15(2)9-16-8-11(13)7-14-16/h7-8,10,12H,3-6,9H2,1-2H3. The van der Waals surface area contributed by atoms with E-state index in [1.54, 1.807) is 6.20 Å². The first-order valence-corrected chi connectivity index (χ1v) is 6.41. The fourth-order valence-electron chi connectivity index (χ4n) is 2.44. The van der Waals surface area contributed by atoms with Crippen LogP contribution in [0.2, 0.25) is 5.02 Å². The first-order valence-electron chi connectivity index (χ1n) is 6.03. The summed E-state index contributed by atoms with van der Waals surface area (Å²) in [6, 6.07) is 0.708. The molecule has 0 bridgehead atoms. The van der Waals surface area contributed by atoms with Crippen LogP contribution in [0.3, 0.4) is 0 Å². The van der Waals surface area contributed by atoms with Gasteiger partial charge in [-0.3, -0.25) is 9.58 Å². The Balaban J connectivity index is 1.85. The Hall–Kier alpha value is -0.540. The maximum absolute atomic E-state index is 5.85. The number of nitrogens with zero attached hydrogens (tertiary/aromatic N) is 3. The first-order chi connectivity index (χ1) is 7.65. The quantitative estimate of drug-likeness (QED) is 0.811. The van der Waals surface area contributed by atoms with Crippen LogP contribution in [0.4, 0.5) is 0 Å². The predicted molar refractivity (Wildman–Crippen MR) is 66.4 cm³/mol. The number of hydrogen-bond acceptors (Lipinski definition) is 2. The predicted octanol–water partition coefficient (Wildman–Crippen LogP) is 3.00. The Bertz CT molecular complexity index is 329. The second kappa shape index (κ2) is 5.19. The van der Waals surface area contributed by atoms with Crippen LogP contribution in [0.25, 0.3) is 0 Å². The SMILES string of the molecule is CC1CCC(N(C)Cn2cc(Cl)cn2)CC1. The Labute approximate surface area is 102 Å². The third kappa shape index (κ3) is 2.98. The molecule has 1 saturated carbocycles. The van der Waals surface area contributed by atoms with Crippen LogP contribution in [0.1, 0.15) is 32.6 Å². The average Bonchev–Trinajstić information content (AvgIpc) is 2.65. The average molecular weight is 242 g/mol. The number of halogens is 1. The molecular formula is C12H20ClN3. The van der Waals surface area contributed by atoms with Crippen molar-refractivity contribution < 1.29 is 0 Å². The second-order valence-corrected chi connectivity index (χ2v) is 5.45. The molecule has 0 unspecified atom stereocenters. The van der Waals surface area contributed by atoms with Gasteiger partial charge in [-0.2, -0.15) is 5.10 Å². The van der Waals surface area contributed by atoms with Crippen molar-refractivity contribution in [2.24, 2.45) is 5.92 Å². The maximum Gasteiger partial charge on any atom is 0.0929 e. The molecule has 0 aromatic carbocycles. The lowest BCUT2D eigenvalue weighted by Crippen LogP contribution is -2.36. The zero-order valence-electron chi connectivity index (χ0n) is 10.1. The molecule has 0 amide bonds. The minimum Gasteiger partial charge on any atom is -0.285 e. The summed E-state index contributed by atoms with van der Waals surface area (Å²) >= 11 is 5.85. The lowest BCUT2D eigenvalue weighted by Gasteiger charge is -2.33. The molecule has 0 radical (unpaired) electrons. The van der Waals surface area contributed by atoms with Gasteiger partial charge in [-0.05, 0) is 38.6 Å². The summed E-state index contributed by atoms with van der Waals surface area (Å²) < 4.78 is 1.90. The summed E-state index contributed by atoms with van der Waals surface area (Å²) in [5.41, 5.74) is 0.